The van der Waals surface area contributed by atoms with Crippen LogP contribution in [-0.4, -0.2) is 54.9 Å². The van der Waals surface area contributed by atoms with Crippen LogP contribution >= 0.6 is 0 Å². The molecule has 1 fully saturated rings. The first-order valence-electron chi connectivity index (χ1n) is 13.8. The Balaban J connectivity index is 2.57. The van der Waals surface area contributed by atoms with Crippen LogP contribution in [0.25, 0.3) is 0 Å². The first kappa shape index (κ1) is 32.7. The van der Waals surface area contributed by atoms with E-state index in [-0.39, 0.29) is 39.5 Å². The topological polar surface area (TPSA) is 75.8 Å². The summed E-state index contributed by atoms with van der Waals surface area (Å²) in [4.78, 5) is 4.38. The van der Waals surface area contributed by atoms with E-state index in [0.717, 1.165) is 5.56 Å². The highest BCUT2D eigenvalue weighted by Crippen LogP contribution is 2.47. The number of hydrogen-bond donors (Lipinski definition) is 1. The minimum absolute atomic E-state index is 0.0498. The molecular formula is C28H56N2O4Si3. The molecule has 1 aromatic rings. The average Bonchev–Trinajstić information content (AvgIpc) is 3.00. The maximum absolute atomic E-state index is 7.17. The van der Waals surface area contributed by atoms with Crippen molar-refractivity contribution in [2.24, 2.45) is 0 Å². The number of nitrogens with two attached hydrogens (primary N) is 1. The molecular weight excluding hydrogens is 513 g/mol. The summed E-state index contributed by atoms with van der Waals surface area (Å²) in [5.74, 6) is 0.496. The van der Waals surface area contributed by atoms with E-state index in [1.54, 1.807) is 0 Å². The number of aromatic nitrogens is 1. The van der Waals surface area contributed by atoms with Gasteiger partial charge in [0.2, 0.25) is 0 Å². The molecule has 0 aromatic carbocycles. The fourth-order valence-electron chi connectivity index (χ4n) is 3.53. The van der Waals surface area contributed by atoms with Crippen LogP contribution in [0.4, 0.5) is 5.82 Å². The van der Waals surface area contributed by atoms with Crippen LogP contribution in [-0.2, 0) is 18.0 Å². The van der Waals surface area contributed by atoms with Crippen LogP contribution in [0.1, 0.15) is 74.0 Å². The van der Waals surface area contributed by atoms with Crippen LogP contribution in [0.2, 0.25) is 54.4 Å². The molecule has 6 nitrogen and oxygen atoms in total. The molecule has 4 atom stereocenters. The number of hydrogen-bond acceptors (Lipinski definition) is 6. The van der Waals surface area contributed by atoms with Gasteiger partial charge in [0.15, 0.2) is 25.0 Å². The fourth-order valence-corrected chi connectivity index (χ4v) is 7.15. The van der Waals surface area contributed by atoms with Crippen molar-refractivity contribution in [1.82, 2.24) is 4.98 Å². The van der Waals surface area contributed by atoms with Crippen molar-refractivity contribution in [1.29, 1.82) is 0 Å². The molecule has 1 aromatic heterocycles. The number of pyridine rings is 1. The molecule has 2 heterocycles. The molecule has 37 heavy (non-hydrogen) atoms. The molecule has 0 aliphatic carbocycles. The zero-order valence-electron chi connectivity index (χ0n) is 26.4. The van der Waals surface area contributed by atoms with Crippen LogP contribution in [0.15, 0.2) is 18.3 Å². The van der Waals surface area contributed by atoms with E-state index in [2.05, 4.69) is 107 Å². The Kier molecular flexibility index (Phi) is 9.52. The van der Waals surface area contributed by atoms with Gasteiger partial charge >= 0.3 is 0 Å². The van der Waals surface area contributed by atoms with E-state index in [1.165, 1.54) is 0 Å². The molecule has 0 radical (unpaired) electrons. The van der Waals surface area contributed by atoms with E-state index in [1.807, 2.05) is 18.3 Å². The van der Waals surface area contributed by atoms with Crippen molar-refractivity contribution in [3.05, 3.63) is 23.9 Å². The Morgan fingerprint density at radius 3 is 1.62 bits per heavy atom. The number of anilines is 1. The lowest BCUT2D eigenvalue weighted by Crippen LogP contribution is -2.54. The second-order valence-corrected chi connectivity index (χ2v) is 29.7. The number of nitrogen functional groups attached to an aromatic ring is 1. The zero-order valence-corrected chi connectivity index (χ0v) is 29.4. The largest absolute Gasteiger partial charge is 0.414 e. The number of nitrogens with zero attached hydrogens (tertiary/aromatic N) is 1. The second-order valence-electron chi connectivity index (χ2n) is 15.4. The van der Waals surface area contributed by atoms with Crippen LogP contribution in [0.3, 0.4) is 0 Å². The normalized spacial score (nSPS) is 24.5. The lowest BCUT2D eigenvalue weighted by molar-refractivity contribution is -0.0173. The minimum atomic E-state index is -2.16. The fraction of sp³-hybridized carbons (Fsp3) is 0.821. The minimum Gasteiger partial charge on any atom is -0.414 e. The highest BCUT2D eigenvalue weighted by atomic mass is 28.4. The summed E-state index contributed by atoms with van der Waals surface area (Å²) in [5.41, 5.74) is 6.90. The smallest absolute Gasteiger partial charge is 0.192 e. The van der Waals surface area contributed by atoms with Gasteiger partial charge in [-0.25, -0.2) is 4.98 Å². The molecule has 9 heteroatoms. The summed E-state index contributed by atoms with van der Waals surface area (Å²) in [6.07, 6.45) is 0.795. The van der Waals surface area contributed by atoms with E-state index in [4.69, 9.17) is 23.7 Å². The Bertz CT molecular complexity index is 900. The first-order valence-corrected chi connectivity index (χ1v) is 22.5. The predicted octanol–water partition coefficient (Wildman–Crippen LogP) is 7.91. The molecule has 214 valence electrons. The van der Waals surface area contributed by atoms with Gasteiger partial charge in [0.05, 0.1) is 6.61 Å². The molecule has 0 spiro atoms. The summed E-state index contributed by atoms with van der Waals surface area (Å²) in [6, 6.07) is 3.85. The van der Waals surface area contributed by atoms with Crippen molar-refractivity contribution in [2.45, 2.75) is 141 Å². The van der Waals surface area contributed by atoms with Gasteiger partial charge in [-0.05, 0) is 60.5 Å². The Labute approximate surface area is 230 Å². The lowest BCUT2D eigenvalue weighted by atomic mass is 10.0. The van der Waals surface area contributed by atoms with Crippen molar-refractivity contribution in [2.75, 3.05) is 12.3 Å². The first-order chi connectivity index (χ1) is 16.4. The number of rotatable bonds is 8. The summed E-state index contributed by atoms with van der Waals surface area (Å²) in [5, 5.41) is 0.215. The highest BCUT2D eigenvalue weighted by Gasteiger charge is 2.54. The van der Waals surface area contributed by atoms with Gasteiger partial charge in [-0.3, -0.25) is 0 Å². The van der Waals surface area contributed by atoms with Crippen LogP contribution in [0, 0.1) is 0 Å². The van der Waals surface area contributed by atoms with Gasteiger partial charge in [0.25, 0.3) is 0 Å². The third-order valence-corrected chi connectivity index (χ3v) is 22.8. The molecule has 0 bridgehead atoms. The van der Waals surface area contributed by atoms with Crippen molar-refractivity contribution < 1.29 is 18.0 Å². The molecule has 0 saturated carbocycles. The molecule has 1 saturated heterocycles. The average molecular weight is 569 g/mol. The van der Waals surface area contributed by atoms with Crippen LogP contribution < -0.4 is 5.73 Å². The maximum Gasteiger partial charge on any atom is 0.192 e. The summed E-state index contributed by atoms with van der Waals surface area (Å²) in [7, 11) is -6.30. The monoisotopic (exact) mass is 568 g/mol. The van der Waals surface area contributed by atoms with Gasteiger partial charge in [0, 0.05) is 11.8 Å². The summed E-state index contributed by atoms with van der Waals surface area (Å²) >= 11 is 0. The molecule has 0 unspecified atom stereocenters. The van der Waals surface area contributed by atoms with Crippen molar-refractivity contribution in [3.8, 4) is 0 Å². The molecule has 2 rings (SSSR count). The lowest BCUT2D eigenvalue weighted by Gasteiger charge is -2.44. The molecule has 1 aliphatic heterocycles. The molecule has 0 amide bonds. The van der Waals surface area contributed by atoms with Gasteiger partial charge < -0.3 is 23.7 Å². The van der Waals surface area contributed by atoms with Gasteiger partial charge in [-0.2, -0.15) is 0 Å². The molecule has 2 N–H and O–H groups in total. The quantitative estimate of drug-likeness (QED) is 0.321. The van der Waals surface area contributed by atoms with E-state index >= 15 is 0 Å². The third-order valence-electron chi connectivity index (χ3n) is 9.34. The van der Waals surface area contributed by atoms with Crippen molar-refractivity contribution >= 4 is 30.8 Å². The maximum atomic E-state index is 7.17. The third kappa shape index (κ3) is 7.55. The summed E-state index contributed by atoms with van der Waals surface area (Å²) < 4.78 is 27.9. The Morgan fingerprint density at radius 1 is 0.757 bits per heavy atom. The zero-order chi connectivity index (χ0) is 28.8. The van der Waals surface area contributed by atoms with Gasteiger partial charge in [-0.1, -0.05) is 68.4 Å². The van der Waals surface area contributed by atoms with Gasteiger partial charge in [0.1, 0.15) is 30.2 Å². The standard InChI is InChI=1S/C28H56N2O4Si3/c1-26(2,3)35(10,11)31-19-21-24(33-36(12,13)27(4,5)6)25(34-37(14,15)28(7,8)9)23(32-21)20-16-17-22(29)30-18-20/h16-18,21,23-25H,19H2,1-15H3,(H2,29,30)/t21-,23+,24-,25+/m1/s1. The molecule has 1 aliphatic rings. The van der Waals surface area contributed by atoms with Crippen LogP contribution in [0.5, 0.6) is 0 Å². The highest BCUT2D eigenvalue weighted by molar-refractivity contribution is 6.75. The van der Waals surface area contributed by atoms with E-state index < -0.39 is 25.0 Å². The SMILES string of the molecule is CC(C)(C)[Si](C)(C)OC[C@H]1O[C@@H](c2ccc(N)nc2)[C@H](O[Si](C)(C)C(C)(C)C)[C@@H]1O[Si](C)(C)C(C)(C)C. The second kappa shape index (κ2) is 10.8. The number of ether oxygens (including phenoxy) is 1. The summed E-state index contributed by atoms with van der Waals surface area (Å²) in [6.45, 7) is 34.7. The predicted molar refractivity (Wildman–Crippen MR) is 164 cm³/mol. The van der Waals surface area contributed by atoms with E-state index in [9.17, 15) is 0 Å². The Morgan fingerprint density at radius 2 is 1.22 bits per heavy atom. The van der Waals surface area contributed by atoms with E-state index in [0.29, 0.717) is 12.4 Å². The van der Waals surface area contributed by atoms with Crippen molar-refractivity contribution in [3.63, 3.8) is 0 Å². The van der Waals surface area contributed by atoms with Gasteiger partial charge in [-0.15, -0.1) is 0 Å². The Hall–Kier alpha value is -0.559.